The number of hydrogen-bond donors (Lipinski definition) is 1. The zero-order valence-corrected chi connectivity index (χ0v) is 11.7. The summed E-state index contributed by atoms with van der Waals surface area (Å²) in [6.07, 6.45) is 0.941. The fourth-order valence-corrected chi connectivity index (χ4v) is 2.29. The van der Waals surface area contributed by atoms with Crippen LogP contribution >= 0.6 is 11.6 Å². The van der Waals surface area contributed by atoms with Crippen LogP contribution in [0.2, 0.25) is 5.02 Å². The standard InChI is InChI=1S/C14H19ClN2O2/c15-13-5-2-1-4-12(13)14(18)16-6-3-7-17-8-10-19-11-9-17/h1-2,4-5H,3,6-11H2,(H,16,18). The highest BCUT2D eigenvalue weighted by atomic mass is 35.5. The summed E-state index contributed by atoms with van der Waals surface area (Å²) in [6.45, 7) is 5.25. The second-order valence-electron chi connectivity index (χ2n) is 4.54. The van der Waals surface area contributed by atoms with E-state index >= 15 is 0 Å². The Morgan fingerprint density at radius 1 is 1.32 bits per heavy atom. The number of amides is 1. The Labute approximate surface area is 118 Å². The smallest absolute Gasteiger partial charge is 0.252 e. The van der Waals surface area contributed by atoms with Crippen LogP contribution in [0.4, 0.5) is 0 Å². The first kappa shape index (κ1) is 14.3. The summed E-state index contributed by atoms with van der Waals surface area (Å²) in [5, 5.41) is 3.39. The van der Waals surface area contributed by atoms with Crippen molar-refractivity contribution < 1.29 is 9.53 Å². The van der Waals surface area contributed by atoms with E-state index in [2.05, 4.69) is 10.2 Å². The maximum Gasteiger partial charge on any atom is 0.252 e. The largest absolute Gasteiger partial charge is 0.379 e. The van der Waals surface area contributed by atoms with Gasteiger partial charge in [0, 0.05) is 19.6 Å². The molecule has 1 amide bonds. The van der Waals surface area contributed by atoms with Crippen LogP contribution in [-0.2, 0) is 4.74 Å². The van der Waals surface area contributed by atoms with Crippen LogP contribution in [0.3, 0.4) is 0 Å². The van der Waals surface area contributed by atoms with Gasteiger partial charge in [0.25, 0.3) is 5.91 Å². The number of carbonyl (C=O) groups excluding carboxylic acids is 1. The Hall–Kier alpha value is -1.10. The highest BCUT2D eigenvalue weighted by molar-refractivity contribution is 6.33. The lowest BCUT2D eigenvalue weighted by atomic mass is 10.2. The molecule has 2 rings (SSSR count). The number of hydrogen-bond acceptors (Lipinski definition) is 3. The Kier molecular flexibility index (Phi) is 5.63. The van der Waals surface area contributed by atoms with Crippen LogP contribution in [0.5, 0.6) is 0 Å². The lowest BCUT2D eigenvalue weighted by Crippen LogP contribution is -2.38. The number of benzene rings is 1. The van der Waals surface area contributed by atoms with Crippen molar-refractivity contribution in [2.45, 2.75) is 6.42 Å². The van der Waals surface area contributed by atoms with E-state index in [-0.39, 0.29) is 5.91 Å². The van der Waals surface area contributed by atoms with Crippen molar-refractivity contribution in [2.75, 3.05) is 39.4 Å². The highest BCUT2D eigenvalue weighted by Crippen LogP contribution is 2.14. The summed E-state index contributed by atoms with van der Waals surface area (Å²) < 4.78 is 5.29. The van der Waals surface area contributed by atoms with Gasteiger partial charge in [-0.3, -0.25) is 9.69 Å². The Morgan fingerprint density at radius 2 is 2.05 bits per heavy atom. The van der Waals surface area contributed by atoms with Gasteiger partial charge < -0.3 is 10.1 Å². The van der Waals surface area contributed by atoms with Crippen molar-refractivity contribution in [3.05, 3.63) is 34.9 Å². The lowest BCUT2D eigenvalue weighted by molar-refractivity contribution is 0.0374. The first-order valence-electron chi connectivity index (χ1n) is 6.60. The number of carbonyl (C=O) groups is 1. The molecular weight excluding hydrogens is 264 g/mol. The summed E-state index contributed by atoms with van der Waals surface area (Å²) in [4.78, 5) is 14.2. The predicted octanol–water partition coefficient (Wildman–Crippen LogP) is 1.79. The third-order valence-corrected chi connectivity index (χ3v) is 3.49. The maximum absolute atomic E-state index is 11.9. The van der Waals surface area contributed by atoms with E-state index in [1.807, 2.05) is 12.1 Å². The number of nitrogens with zero attached hydrogens (tertiary/aromatic N) is 1. The van der Waals surface area contributed by atoms with Gasteiger partial charge >= 0.3 is 0 Å². The zero-order valence-electron chi connectivity index (χ0n) is 10.9. The van der Waals surface area contributed by atoms with Crippen molar-refractivity contribution in [3.8, 4) is 0 Å². The third kappa shape index (κ3) is 4.49. The van der Waals surface area contributed by atoms with Gasteiger partial charge in [0.1, 0.15) is 0 Å². The van der Waals surface area contributed by atoms with Gasteiger partial charge in [0.2, 0.25) is 0 Å². The van der Waals surface area contributed by atoms with Crippen molar-refractivity contribution >= 4 is 17.5 Å². The van der Waals surface area contributed by atoms with E-state index in [0.29, 0.717) is 17.1 Å². The molecule has 0 aliphatic carbocycles. The monoisotopic (exact) mass is 282 g/mol. The topological polar surface area (TPSA) is 41.6 Å². The van der Waals surface area contributed by atoms with E-state index in [9.17, 15) is 4.79 Å². The number of halogens is 1. The van der Waals surface area contributed by atoms with Crippen molar-refractivity contribution in [1.82, 2.24) is 10.2 Å². The molecular formula is C14H19ClN2O2. The molecule has 0 radical (unpaired) electrons. The molecule has 104 valence electrons. The molecule has 5 heteroatoms. The van der Waals surface area contributed by atoms with Gasteiger partial charge in [-0.15, -0.1) is 0 Å². The molecule has 1 aliphatic heterocycles. The second-order valence-corrected chi connectivity index (χ2v) is 4.95. The molecule has 1 fully saturated rings. The summed E-state index contributed by atoms with van der Waals surface area (Å²) >= 11 is 5.97. The molecule has 1 saturated heterocycles. The molecule has 0 aromatic heterocycles. The van der Waals surface area contributed by atoms with Gasteiger partial charge in [-0.05, 0) is 25.1 Å². The van der Waals surface area contributed by atoms with Crippen LogP contribution in [0.25, 0.3) is 0 Å². The number of rotatable bonds is 5. The summed E-state index contributed by atoms with van der Waals surface area (Å²) in [5.74, 6) is -0.104. The molecule has 19 heavy (non-hydrogen) atoms. The summed E-state index contributed by atoms with van der Waals surface area (Å²) in [6, 6.07) is 7.09. The number of morpholine rings is 1. The quantitative estimate of drug-likeness (QED) is 0.837. The normalized spacial score (nSPS) is 16.3. The lowest BCUT2D eigenvalue weighted by Gasteiger charge is -2.26. The third-order valence-electron chi connectivity index (χ3n) is 3.16. The fraction of sp³-hybridized carbons (Fsp3) is 0.500. The van der Waals surface area contributed by atoms with Gasteiger partial charge in [-0.2, -0.15) is 0 Å². The Balaban J connectivity index is 1.68. The number of ether oxygens (including phenoxy) is 1. The van der Waals surface area contributed by atoms with Crippen LogP contribution in [0.15, 0.2) is 24.3 Å². The molecule has 0 unspecified atom stereocenters. The van der Waals surface area contributed by atoms with Crippen LogP contribution in [-0.4, -0.2) is 50.2 Å². The van der Waals surface area contributed by atoms with Crippen LogP contribution in [0, 0.1) is 0 Å². The van der Waals surface area contributed by atoms with Gasteiger partial charge in [0.15, 0.2) is 0 Å². The van der Waals surface area contributed by atoms with Gasteiger partial charge in [0.05, 0.1) is 23.8 Å². The maximum atomic E-state index is 11.9. The minimum absolute atomic E-state index is 0.104. The van der Waals surface area contributed by atoms with E-state index < -0.39 is 0 Å². The molecule has 1 aromatic rings. The molecule has 1 N–H and O–H groups in total. The minimum atomic E-state index is -0.104. The average Bonchev–Trinajstić information content (AvgIpc) is 2.45. The van der Waals surface area contributed by atoms with E-state index in [1.54, 1.807) is 12.1 Å². The van der Waals surface area contributed by atoms with Gasteiger partial charge in [-0.25, -0.2) is 0 Å². The first-order valence-corrected chi connectivity index (χ1v) is 6.98. The average molecular weight is 283 g/mol. The fourth-order valence-electron chi connectivity index (χ4n) is 2.07. The van der Waals surface area contributed by atoms with Crippen molar-refractivity contribution in [1.29, 1.82) is 0 Å². The van der Waals surface area contributed by atoms with Crippen LogP contribution in [0.1, 0.15) is 16.8 Å². The molecule has 1 aromatic carbocycles. The highest BCUT2D eigenvalue weighted by Gasteiger charge is 2.11. The van der Waals surface area contributed by atoms with Crippen LogP contribution < -0.4 is 5.32 Å². The van der Waals surface area contributed by atoms with E-state index in [1.165, 1.54) is 0 Å². The molecule has 0 spiro atoms. The van der Waals surface area contributed by atoms with E-state index in [4.69, 9.17) is 16.3 Å². The van der Waals surface area contributed by atoms with Gasteiger partial charge in [-0.1, -0.05) is 23.7 Å². The van der Waals surface area contributed by atoms with Crippen molar-refractivity contribution in [2.24, 2.45) is 0 Å². The first-order chi connectivity index (χ1) is 9.27. The SMILES string of the molecule is O=C(NCCCN1CCOCC1)c1ccccc1Cl. The van der Waals surface area contributed by atoms with Crippen molar-refractivity contribution in [3.63, 3.8) is 0 Å². The summed E-state index contributed by atoms with van der Waals surface area (Å²) in [7, 11) is 0. The molecule has 1 aliphatic rings. The second kappa shape index (κ2) is 7.48. The molecule has 0 saturated carbocycles. The minimum Gasteiger partial charge on any atom is -0.379 e. The number of nitrogens with one attached hydrogen (secondary N) is 1. The molecule has 1 heterocycles. The summed E-state index contributed by atoms with van der Waals surface area (Å²) in [5.41, 5.74) is 0.538. The molecule has 0 atom stereocenters. The molecule has 0 bridgehead atoms. The molecule has 4 nitrogen and oxygen atoms in total. The predicted molar refractivity (Wildman–Crippen MR) is 75.7 cm³/mol. The zero-order chi connectivity index (χ0) is 13.5. The Morgan fingerprint density at radius 3 is 2.79 bits per heavy atom. The Bertz CT molecular complexity index is 420. The van der Waals surface area contributed by atoms with E-state index in [0.717, 1.165) is 39.3 Å².